The molecule has 96 valence electrons. The molecule has 1 heterocycles. The number of halogens is 2. The van der Waals surface area contributed by atoms with E-state index in [2.05, 4.69) is 15.4 Å². The number of nitrogens with one attached hydrogen (secondary N) is 1. The van der Waals surface area contributed by atoms with Crippen LogP contribution in [0.5, 0.6) is 0 Å². The molecule has 6 heteroatoms. The molecule has 4 nitrogen and oxygen atoms in total. The molecule has 2 rings (SSSR count). The first-order valence-corrected chi connectivity index (χ1v) is 6.39. The van der Waals surface area contributed by atoms with Gasteiger partial charge in [0.25, 0.3) is 0 Å². The molecule has 0 saturated heterocycles. The molecule has 0 atom stereocenters. The van der Waals surface area contributed by atoms with Gasteiger partial charge in [-0.05, 0) is 23.8 Å². The van der Waals surface area contributed by atoms with E-state index in [4.69, 9.17) is 23.2 Å². The zero-order valence-corrected chi connectivity index (χ0v) is 11.5. The Morgan fingerprint density at radius 1 is 1.22 bits per heavy atom. The molecule has 0 aliphatic rings. The first kappa shape index (κ1) is 13.3. The Kier molecular flexibility index (Phi) is 4.58. The van der Waals surface area contributed by atoms with Crippen molar-refractivity contribution in [2.75, 3.05) is 6.54 Å². The molecule has 1 aromatic heterocycles. The average Bonchev–Trinajstić information content (AvgIpc) is 2.69. The number of nitrogens with zero attached hydrogens (tertiary/aromatic N) is 3. The van der Waals surface area contributed by atoms with E-state index >= 15 is 0 Å². The Labute approximate surface area is 116 Å². The van der Waals surface area contributed by atoms with Gasteiger partial charge in [-0.1, -0.05) is 23.2 Å². The molecule has 0 bridgehead atoms. The van der Waals surface area contributed by atoms with Crippen molar-refractivity contribution in [3.05, 3.63) is 46.0 Å². The fourth-order valence-electron chi connectivity index (χ4n) is 1.64. The molecule has 0 unspecified atom stereocenters. The lowest BCUT2D eigenvalue weighted by atomic mass is 10.2. The highest BCUT2D eigenvalue weighted by Crippen LogP contribution is 2.18. The highest BCUT2D eigenvalue weighted by atomic mass is 35.5. The normalized spacial score (nSPS) is 10.8. The maximum Gasteiger partial charge on any atom is 0.151 e. The van der Waals surface area contributed by atoms with Crippen LogP contribution in [0.25, 0.3) is 0 Å². The smallest absolute Gasteiger partial charge is 0.151 e. The minimum absolute atomic E-state index is 0.658. The lowest BCUT2D eigenvalue weighted by Gasteiger charge is -2.04. The number of aryl methyl sites for hydroxylation is 1. The maximum absolute atomic E-state index is 5.93. The molecule has 2 aromatic rings. The van der Waals surface area contributed by atoms with Crippen LogP contribution >= 0.6 is 23.2 Å². The van der Waals surface area contributed by atoms with Crippen molar-refractivity contribution in [2.24, 2.45) is 7.05 Å². The van der Waals surface area contributed by atoms with Gasteiger partial charge >= 0.3 is 0 Å². The van der Waals surface area contributed by atoms with Crippen molar-refractivity contribution in [1.82, 2.24) is 20.1 Å². The van der Waals surface area contributed by atoms with Crippen molar-refractivity contribution < 1.29 is 0 Å². The van der Waals surface area contributed by atoms with Crippen molar-refractivity contribution in [3.8, 4) is 0 Å². The third kappa shape index (κ3) is 3.98. The number of hydrogen-bond donors (Lipinski definition) is 1. The topological polar surface area (TPSA) is 42.7 Å². The largest absolute Gasteiger partial charge is 0.312 e. The summed E-state index contributed by atoms with van der Waals surface area (Å²) in [5.74, 6) is 0.842. The first-order valence-electron chi connectivity index (χ1n) is 5.64. The average molecular weight is 285 g/mol. The lowest BCUT2D eigenvalue weighted by Crippen LogP contribution is -2.17. The molecule has 1 aromatic carbocycles. The van der Waals surface area contributed by atoms with E-state index in [1.807, 2.05) is 19.2 Å². The summed E-state index contributed by atoms with van der Waals surface area (Å²) >= 11 is 11.9. The maximum atomic E-state index is 5.93. The van der Waals surface area contributed by atoms with Gasteiger partial charge in [0, 0.05) is 36.6 Å². The van der Waals surface area contributed by atoms with Crippen LogP contribution in [0.1, 0.15) is 11.4 Å². The second-order valence-electron chi connectivity index (χ2n) is 4.04. The van der Waals surface area contributed by atoms with Gasteiger partial charge in [0.2, 0.25) is 0 Å². The van der Waals surface area contributed by atoms with Gasteiger partial charge in [-0.3, -0.25) is 4.68 Å². The van der Waals surface area contributed by atoms with E-state index in [0.29, 0.717) is 10.0 Å². The fourth-order valence-corrected chi connectivity index (χ4v) is 2.22. The van der Waals surface area contributed by atoms with Gasteiger partial charge in [0.1, 0.15) is 6.33 Å². The van der Waals surface area contributed by atoms with Gasteiger partial charge in [-0.2, -0.15) is 5.10 Å². The molecule has 0 radical (unpaired) electrons. The summed E-state index contributed by atoms with van der Waals surface area (Å²) in [6.07, 6.45) is 2.50. The van der Waals surface area contributed by atoms with Gasteiger partial charge in [-0.15, -0.1) is 0 Å². The quantitative estimate of drug-likeness (QED) is 0.858. The molecule has 18 heavy (non-hydrogen) atoms. The Balaban J connectivity index is 1.78. The SMILES string of the molecule is Cn1cnc(CCNCc2cc(Cl)cc(Cl)c2)n1. The lowest BCUT2D eigenvalue weighted by molar-refractivity contribution is 0.661. The monoisotopic (exact) mass is 284 g/mol. The minimum Gasteiger partial charge on any atom is -0.312 e. The second-order valence-corrected chi connectivity index (χ2v) is 4.91. The van der Waals surface area contributed by atoms with Crippen LogP contribution in [0.15, 0.2) is 24.5 Å². The van der Waals surface area contributed by atoms with Crippen LogP contribution in [0, 0.1) is 0 Å². The molecule has 0 fully saturated rings. The second kappa shape index (κ2) is 6.18. The van der Waals surface area contributed by atoms with Crippen LogP contribution in [0.2, 0.25) is 10.0 Å². The summed E-state index contributed by atoms with van der Waals surface area (Å²) in [5, 5.41) is 8.83. The van der Waals surface area contributed by atoms with Crippen molar-refractivity contribution in [3.63, 3.8) is 0 Å². The van der Waals surface area contributed by atoms with Crippen molar-refractivity contribution in [2.45, 2.75) is 13.0 Å². The number of aromatic nitrogens is 3. The third-order valence-electron chi connectivity index (χ3n) is 2.42. The predicted octanol–water partition coefficient (Wildman–Crippen LogP) is 2.45. The number of hydrogen-bond acceptors (Lipinski definition) is 3. The van der Waals surface area contributed by atoms with Gasteiger partial charge in [0.15, 0.2) is 5.82 Å². The van der Waals surface area contributed by atoms with E-state index < -0.39 is 0 Å². The van der Waals surface area contributed by atoms with Crippen LogP contribution in [0.3, 0.4) is 0 Å². The Morgan fingerprint density at radius 2 is 1.94 bits per heavy atom. The molecule has 0 spiro atoms. The van der Waals surface area contributed by atoms with Gasteiger partial charge < -0.3 is 5.32 Å². The summed E-state index contributed by atoms with van der Waals surface area (Å²) in [4.78, 5) is 4.16. The van der Waals surface area contributed by atoms with Gasteiger partial charge in [-0.25, -0.2) is 4.98 Å². The first-order chi connectivity index (χ1) is 8.63. The highest BCUT2D eigenvalue weighted by Gasteiger charge is 2.00. The van der Waals surface area contributed by atoms with E-state index in [1.54, 1.807) is 17.1 Å². The van der Waals surface area contributed by atoms with E-state index in [-0.39, 0.29) is 0 Å². The predicted molar refractivity (Wildman–Crippen MR) is 72.9 cm³/mol. The Morgan fingerprint density at radius 3 is 2.56 bits per heavy atom. The molecule has 0 aliphatic carbocycles. The summed E-state index contributed by atoms with van der Waals surface area (Å²) in [6, 6.07) is 5.53. The molecule has 1 N–H and O–H groups in total. The zero-order valence-electron chi connectivity index (χ0n) is 10.0. The van der Waals surface area contributed by atoms with Gasteiger partial charge in [0.05, 0.1) is 0 Å². The molecular weight excluding hydrogens is 271 g/mol. The molecule has 0 aliphatic heterocycles. The summed E-state index contributed by atoms with van der Waals surface area (Å²) < 4.78 is 1.70. The summed E-state index contributed by atoms with van der Waals surface area (Å²) in [5.41, 5.74) is 1.07. The van der Waals surface area contributed by atoms with Crippen LogP contribution in [-0.2, 0) is 20.0 Å². The van der Waals surface area contributed by atoms with E-state index in [0.717, 1.165) is 30.9 Å². The fraction of sp³-hybridized carbons (Fsp3) is 0.333. The van der Waals surface area contributed by atoms with Crippen LogP contribution in [-0.4, -0.2) is 21.3 Å². The van der Waals surface area contributed by atoms with Crippen molar-refractivity contribution in [1.29, 1.82) is 0 Å². The molecular formula is C12H14Cl2N4. The number of rotatable bonds is 5. The number of benzene rings is 1. The summed E-state index contributed by atoms with van der Waals surface area (Å²) in [6.45, 7) is 1.54. The standard InChI is InChI=1S/C12H14Cl2N4/c1-18-8-16-12(17-18)2-3-15-7-9-4-10(13)6-11(14)5-9/h4-6,8,15H,2-3,7H2,1H3. The van der Waals surface area contributed by atoms with E-state index in [9.17, 15) is 0 Å². The summed E-state index contributed by atoms with van der Waals surface area (Å²) in [7, 11) is 1.86. The molecule has 0 saturated carbocycles. The van der Waals surface area contributed by atoms with Crippen LogP contribution < -0.4 is 5.32 Å². The van der Waals surface area contributed by atoms with Crippen LogP contribution in [0.4, 0.5) is 0 Å². The molecule has 0 amide bonds. The van der Waals surface area contributed by atoms with E-state index in [1.165, 1.54) is 0 Å². The minimum atomic E-state index is 0.658. The van der Waals surface area contributed by atoms with Crippen molar-refractivity contribution >= 4 is 23.2 Å². The zero-order chi connectivity index (χ0) is 13.0. The highest BCUT2D eigenvalue weighted by molar-refractivity contribution is 6.34. The Hall–Kier alpha value is -1.10. The Bertz CT molecular complexity index is 504. The third-order valence-corrected chi connectivity index (χ3v) is 2.86.